The standard InChI is InChI=1S/C14H16ClNO3/c1-14(13(18)19)5-6-16(9-14)12(17)8-10-3-2-4-11(15)7-10/h2-4,7H,5-6,8-9H2,1H3,(H,18,19)/t14-/m1/s1. The van der Waals surface area contributed by atoms with E-state index < -0.39 is 11.4 Å². The number of hydrogen-bond acceptors (Lipinski definition) is 2. The summed E-state index contributed by atoms with van der Waals surface area (Å²) in [6, 6.07) is 7.16. The molecule has 2 rings (SSSR count). The number of aliphatic carboxylic acids is 1. The summed E-state index contributed by atoms with van der Waals surface area (Å²) in [7, 11) is 0. The average Bonchev–Trinajstić information content (AvgIpc) is 2.73. The van der Waals surface area contributed by atoms with Crippen LogP contribution in [-0.2, 0) is 16.0 Å². The number of likely N-dealkylation sites (tertiary alicyclic amines) is 1. The molecule has 102 valence electrons. The molecule has 1 aromatic carbocycles. The molecule has 5 heteroatoms. The lowest BCUT2D eigenvalue weighted by molar-refractivity contribution is -0.147. The van der Waals surface area contributed by atoms with Gasteiger partial charge in [0, 0.05) is 18.1 Å². The molecule has 1 N–H and O–H groups in total. The normalized spacial score (nSPS) is 22.5. The van der Waals surface area contributed by atoms with Crippen molar-refractivity contribution in [1.29, 1.82) is 0 Å². The molecule has 0 unspecified atom stereocenters. The molecule has 19 heavy (non-hydrogen) atoms. The first kappa shape index (κ1) is 13.9. The van der Waals surface area contributed by atoms with Gasteiger partial charge in [0.05, 0.1) is 11.8 Å². The molecular formula is C14H16ClNO3. The monoisotopic (exact) mass is 281 g/mol. The molecule has 1 atom stereocenters. The van der Waals surface area contributed by atoms with E-state index in [9.17, 15) is 9.59 Å². The Morgan fingerprint density at radius 2 is 2.21 bits per heavy atom. The van der Waals surface area contributed by atoms with Gasteiger partial charge in [-0.15, -0.1) is 0 Å². The van der Waals surface area contributed by atoms with E-state index in [0.717, 1.165) is 5.56 Å². The molecule has 0 saturated carbocycles. The van der Waals surface area contributed by atoms with E-state index in [1.807, 2.05) is 6.07 Å². The zero-order chi connectivity index (χ0) is 14.0. The number of carbonyl (C=O) groups excluding carboxylic acids is 1. The molecule has 0 bridgehead atoms. The quantitative estimate of drug-likeness (QED) is 0.924. The molecular weight excluding hydrogens is 266 g/mol. The summed E-state index contributed by atoms with van der Waals surface area (Å²) < 4.78 is 0. The van der Waals surface area contributed by atoms with Gasteiger partial charge < -0.3 is 10.0 Å². The van der Waals surface area contributed by atoms with Crippen molar-refractivity contribution >= 4 is 23.5 Å². The van der Waals surface area contributed by atoms with Gasteiger partial charge in [-0.05, 0) is 31.0 Å². The number of amides is 1. The van der Waals surface area contributed by atoms with E-state index in [1.165, 1.54) is 0 Å². The van der Waals surface area contributed by atoms with Gasteiger partial charge in [0.1, 0.15) is 0 Å². The van der Waals surface area contributed by atoms with Gasteiger partial charge in [0.2, 0.25) is 5.91 Å². The molecule has 4 nitrogen and oxygen atoms in total. The van der Waals surface area contributed by atoms with Crippen LogP contribution in [0.2, 0.25) is 5.02 Å². The van der Waals surface area contributed by atoms with E-state index in [2.05, 4.69) is 0 Å². The van der Waals surface area contributed by atoms with Crippen LogP contribution in [0.25, 0.3) is 0 Å². The van der Waals surface area contributed by atoms with Crippen LogP contribution in [0.5, 0.6) is 0 Å². The number of carbonyl (C=O) groups is 2. The highest BCUT2D eigenvalue weighted by Crippen LogP contribution is 2.30. The Morgan fingerprint density at radius 3 is 2.79 bits per heavy atom. The maximum Gasteiger partial charge on any atom is 0.311 e. The second-order valence-corrected chi connectivity index (χ2v) is 5.67. The number of halogens is 1. The predicted molar refractivity (Wildman–Crippen MR) is 72.1 cm³/mol. The van der Waals surface area contributed by atoms with Crippen LogP contribution in [0, 0.1) is 5.41 Å². The molecule has 1 heterocycles. The lowest BCUT2D eigenvalue weighted by Crippen LogP contribution is -2.35. The van der Waals surface area contributed by atoms with E-state index in [4.69, 9.17) is 16.7 Å². The van der Waals surface area contributed by atoms with Gasteiger partial charge >= 0.3 is 5.97 Å². The van der Waals surface area contributed by atoms with Crippen molar-refractivity contribution in [3.8, 4) is 0 Å². The molecule has 0 spiro atoms. The molecule has 1 fully saturated rings. The number of carboxylic acid groups (broad SMARTS) is 1. The molecule has 1 aromatic rings. The van der Waals surface area contributed by atoms with Crippen LogP contribution in [0.1, 0.15) is 18.9 Å². The summed E-state index contributed by atoms with van der Waals surface area (Å²) in [5.74, 6) is -0.891. The molecule has 1 aliphatic rings. The Balaban J connectivity index is 2.01. The van der Waals surface area contributed by atoms with Gasteiger partial charge in [-0.25, -0.2) is 0 Å². The summed E-state index contributed by atoms with van der Waals surface area (Å²) in [6.45, 7) is 2.46. The smallest absolute Gasteiger partial charge is 0.311 e. The highest BCUT2D eigenvalue weighted by Gasteiger charge is 2.41. The third kappa shape index (κ3) is 3.07. The van der Waals surface area contributed by atoms with Crippen molar-refractivity contribution in [1.82, 2.24) is 4.90 Å². The molecule has 1 aliphatic heterocycles. The Hall–Kier alpha value is -1.55. The fraction of sp³-hybridized carbons (Fsp3) is 0.429. The molecule has 0 radical (unpaired) electrons. The first-order valence-electron chi connectivity index (χ1n) is 6.16. The summed E-state index contributed by atoms with van der Waals surface area (Å²) in [4.78, 5) is 24.9. The lowest BCUT2D eigenvalue weighted by Gasteiger charge is -2.20. The number of benzene rings is 1. The maximum absolute atomic E-state index is 12.1. The largest absolute Gasteiger partial charge is 0.481 e. The molecule has 0 aliphatic carbocycles. The van der Waals surface area contributed by atoms with Crippen LogP contribution in [0.3, 0.4) is 0 Å². The summed E-state index contributed by atoms with van der Waals surface area (Å²) in [5, 5.41) is 9.74. The van der Waals surface area contributed by atoms with Gasteiger partial charge in [-0.1, -0.05) is 23.7 Å². The SMILES string of the molecule is C[C@@]1(C(=O)O)CCN(C(=O)Cc2cccc(Cl)c2)C1. The average molecular weight is 282 g/mol. The highest BCUT2D eigenvalue weighted by molar-refractivity contribution is 6.30. The van der Waals surface area contributed by atoms with Crippen LogP contribution in [0.15, 0.2) is 24.3 Å². The lowest BCUT2D eigenvalue weighted by atomic mass is 9.90. The molecule has 1 amide bonds. The van der Waals surface area contributed by atoms with Gasteiger partial charge in [0.15, 0.2) is 0 Å². The van der Waals surface area contributed by atoms with Gasteiger partial charge in [0.25, 0.3) is 0 Å². The Morgan fingerprint density at radius 1 is 1.47 bits per heavy atom. The van der Waals surface area contributed by atoms with E-state index >= 15 is 0 Å². The van der Waals surface area contributed by atoms with Crippen molar-refractivity contribution in [3.63, 3.8) is 0 Å². The van der Waals surface area contributed by atoms with Gasteiger partial charge in [-0.2, -0.15) is 0 Å². The Kier molecular flexibility index (Phi) is 3.80. The number of nitrogens with zero attached hydrogens (tertiary/aromatic N) is 1. The predicted octanol–water partition coefficient (Wildman–Crippen LogP) is 2.21. The van der Waals surface area contributed by atoms with Crippen molar-refractivity contribution in [3.05, 3.63) is 34.9 Å². The minimum atomic E-state index is -0.842. The fourth-order valence-electron chi connectivity index (χ4n) is 2.28. The summed E-state index contributed by atoms with van der Waals surface area (Å²) in [5.41, 5.74) is 0.0331. The first-order chi connectivity index (χ1) is 8.90. The summed E-state index contributed by atoms with van der Waals surface area (Å²) >= 11 is 5.87. The van der Waals surface area contributed by atoms with Crippen molar-refractivity contribution < 1.29 is 14.7 Å². The van der Waals surface area contributed by atoms with Crippen molar-refractivity contribution in [2.75, 3.05) is 13.1 Å². The Bertz CT molecular complexity index is 517. The second-order valence-electron chi connectivity index (χ2n) is 5.24. The van der Waals surface area contributed by atoms with Crippen LogP contribution in [0.4, 0.5) is 0 Å². The second kappa shape index (κ2) is 5.21. The Labute approximate surface area is 117 Å². The highest BCUT2D eigenvalue weighted by atomic mass is 35.5. The zero-order valence-corrected chi connectivity index (χ0v) is 11.5. The number of hydrogen-bond donors (Lipinski definition) is 1. The van der Waals surface area contributed by atoms with Crippen molar-refractivity contribution in [2.24, 2.45) is 5.41 Å². The van der Waals surface area contributed by atoms with Gasteiger partial charge in [-0.3, -0.25) is 9.59 Å². The summed E-state index contributed by atoms with van der Waals surface area (Å²) in [6.07, 6.45) is 0.764. The first-order valence-corrected chi connectivity index (χ1v) is 6.54. The third-order valence-electron chi connectivity index (χ3n) is 3.59. The number of carboxylic acids is 1. The zero-order valence-electron chi connectivity index (χ0n) is 10.7. The van der Waals surface area contributed by atoms with E-state index in [1.54, 1.807) is 30.0 Å². The maximum atomic E-state index is 12.1. The topological polar surface area (TPSA) is 57.6 Å². The van der Waals surface area contributed by atoms with E-state index in [0.29, 0.717) is 18.0 Å². The third-order valence-corrected chi connectivity index (χ3v) is 3.82. The molecule has 0 aromatic heterocycles. The minimum Gasteiger partial charge on any atom is -0.481 e. The minimum absolute atomic E-state index is 0.0489. The van der Waals surface area contributed by atoms with Crippen molar-refractivity contribution in [2.45, 2.75) is 19.8 Å². The van der Waals surface area contributed by atoms with Crippen LogP contribution >= 0.6 is 11.6 Å². The number of rotatable bonds is 3. The fourth-order valence-corrected chi connectivity index (χ4v) is 2.49. The van der Waals surface area contributed by atoms with E-state index in [-0.39, 0.29) is 18.9 Å². The molecule has 1 saturated heterocycles. The van der Waals surface area contributed by atoms with Crippen LogP contribution < -0.4 is 0 Å². The van der Waals surface area contributed by atoms with Crippen LogP contribution in [-0.4, -0.2) is 35.0 Å².